The van der Waals surface area contributed by atoms with Gasteiger partial charge in [0.2, 0.25) is 0 Å². The van der Waals surface area contributed by atoms with Crippen LogP contribution in [0.15, 0.2) is 23.4 Å². The quantitative estimate of drug-likeness (QED) is 0.492. The third-order valence-electron chi connectivity index (χ3n) is 6.07. The van der Waals surface area contributed by atoms with E-state index in [1.165, 1.54) is 30.4 Å². The number of rotatable bonds is 1. The number of methoxy groups -OCH3 is 1. The molecule has 4 nitrogen and oxygen atoms in total. The SMILES string of the molecule is COc1ccc2c(c1)C13CCCCC1C(C2)[N+](C)=C/C3=N/O. The van der Waals surface area contributed by atoms with Crippen LogP contribution < -0.4 is 4.74 Å². The molecule has 2 aliphatic carbocycles. The fourth-order valence-electron chi connectivity index (χ4n) is 5.10. The normalized spacial score (nSPS) is 34.6. The van der Waals surface area contributed by atoms with Crippen LogP contribution in [-0.4, -0.2) is 41.9 Å². The maximum atomic E-state index is 9.71. The second kappa shape index (κ2) is 4.83. The van der Waals surface area contributed by atoms with Gasteiger partial charge in [0, 0.05) is 12.3 Å². The van der Waals surface area contributed by atoms with E-state index in [2.05, 4.69) is 35.1 Å². The third kappa shape index (κ3) is 1.64. The molecule has 1 aromatic rings. The first-order valence-electron chi connectivity index (χ1n) is 8.17. The van der Waals surface area contributed by atoms with Gasteiger partial charge in [0.25, 0.3) is 0 Å². The molecule has 1 aromatic carbocycles. The minimum absolute atomic E-state index is 0.133. The Labute approximate surface area is 131 Å². The fourth-order valence-corrected chi connectivity index (χ4v) is 5.10. The zero-order chi connectivity index (χ0) is 15.3. The van der Waals surface area contributed by atoms with Crippen LogP contribution in [0.25, 0.3) is 0 Å². The zero-order valence-electron chi connectivity index (χ0n) is 13.2. The van der Waals surface area contributed by atoms with Gasteiger partial charge in [0.15, 0.2) is 18.0 Å². The Morgan fingerprint density at radius 1 is 1.36 bits per heavy atom. The number of nitrogens with zero attached hydrogens (tertiary/aromatic N) is 2. The summed E-state index contributed by atoms with van der Waals surface area (Å²) in [6.45, 7) is 0. The molecule has 1 heterocycles. The number of hydrogen-bond acceptors (Lipinski definition) is 3. The summed E-state index contributed by atoms with van der Waals surface area (Å²) < 4.78 is 7.72. The number of hydrogen-bond donors (Lipinski definition) is 1. The molecule has 4 heteroatoms. The number of oxime groups is 1. The Balaban J connectivity index is 2.00. The van der Waals surface area contributed by atoms with E-state index in [1.54, 1.807) is 7.11 Å². The molecule has 116 valence electrons. The van der Waals surface area contributed by atoms with Gasteiger partial charge < -0.3 is 9.94 Å². The van der Waals surface area contributed by atoms with Crippen molar-refractivity contribution in [2.45, 2.75) is 43.6 Å². The van der Waals surface area contributed by atoms with Gasteiger partial charge in [-0.05, 0) is 36.1 Å². The van der Waals surface area contributed by atoms with Crippen molar-refractivity contribution in [3.05, 3.63) is 29.3 Å². The lowest BCUT2D eigenvalue weighted by atomic mass is 9.52. The highest BCUT2D eigenvalue weighted by atomic mass is 16.5. The lowest BCUT2D eigenvalue weighted by molar-refractivity contribution is -0.548. The third-order valence-corrected chi connectivity index (χ3v) is 6.07. The van der Waals surface area contributed by atoms with Gasteiger partial charge in [-0.3, -0.25) is 0 Å². The van der Waals surface area contributed by atoms with E-state index < -0.39 is 0 Å². The summed E-state index contributed by atoms with van der Waals surface area (Å²) in [7, 11) is 3.83. The van der Waals surface area contributed by atoms with Crippen molar-refractivity contribution in [2.24, 2.45) is 11.1 Å². The molecule has 0 spiro atoms. The van der Waals surface area contributed by atoms with Gasteiger partial charge >= 0.3 is 0 Å². The highest BCUT2D eigenvalue weighted by Crippen LogP contribution is 2.53. The Kier molecular flexibility index (Phi) is 3.03. The summed E-state index contributed by atoms with van der Waals surface area (Å²) in [5.41, 5.74) is 3.40. The molecule has 1 saturated carbocycles. The van der Waals surface area contributed by atoms with Crippen molar-refractivity contribution in [2.75, 3.05) is 14.2 Å². The van der Waals surface area contributed by atoms with Gasteiger partial charge in [-0.1, -0.05) is 24.1 Å². The van der Waals surface area contributed by atoms with Crippen molar-refractivity contribution in [1.29, 1.82) is 0 Å². The molecule has 3 atom stereocenters. The summed E-state index contributed by atoms with van der Waals surface area (Å²) >= 11 is 0. The number of likely N-dealkylation sites (N-methyl/N-ethyl adjacent to an activating group) is 1. The van der Waals surface area contributed by atoms with Gasteiger partial charge in [0.1, 0.15) is 12.8 Å². The molecule has 1 aliphatic heterocycles. The second-order valence-corrected chi connectivity index (χ2v) is 6.90. The standard InChI is InChI=1S/C18H22N2O2/c1-20-11-17(19-21)18-8-4-3-5-14(18)16(20)9-12-6-7-13(22-2)10-15(12)18/h6-7,10-11,14,16H,3-5,8-9H2,1-2H3/p+1. The topological polar surface area (TPSA) is 44.8 Å². The van der Waals surface area contributed by atoms with E-state index in [4.69, 9.17) is 4.74 Å². The van der Waals surface area contributed by atoms with Crippen LogP contribution in [0.5, 0.6) is 5.75 Å². The maximum Gasteiger partial charge on any atom is 0.189 e. The molecule has 1 N–H and O–H groups in total. The zero-order valence-corrected chi connectivity index (χ0v) is 13.2. The Bertz CT molecular complexity index is 680. The van der Waals surface area contributed by atoms with Crippen LogP contribution in [0.4, 0.5) is 0 Å². The molecule has 3 unspecified atom stereocenters. The summed E-state index contributed by atoms with van der Waals surface area (Å²) in [4.78, 5) is 0. The molecule has 0 aromatic heterocycles. The highest BCUT2D eigenvalue weighted by Gasteiger charge is 2.59. The Morgan fingerprint density at radius 3 is 3.00 bits per heavy atom. The molecule has 3 aliphatic rings. The van der Waals surface area contributed by atoms with Gasteiger partial charge in [-0.2, -0.15) is 0 Å². The van der Waals surface area contributed by atoms with Crippen LogP contribution in [0.3, 0.4) is 0 Å². The first-order chi connectivity index (χ1) is 10.7. The summed E-state index contributed by atoms with van der Waals surface area (Å²) in [6, 6.07) is 6.93. The molecule has 2 bridgehead atoms. The van der Waals surface area contributed by atoms with Crippen molar-refractivity contribution in [1.82, 2.24) is 0 Å². The van der Waals surface area contributed by atoms with E-state index in [1.807, 2.05) is 6.07 Å². The molecular weight excluding hydrogens is 276 g/mol. The van der Waals surface area contributed by atoms with Crippen molar-refractivity contribution in [3.8, 4) is 5.75 Å². The van der Waals surface area contributed by atoms with E-state index in [0.717, 1.165) is 24.3 Å². The highest BCUT2D eigenvalue weighted by molar-refractivity contribution is 6.33. The summed E-state index contributed by atoms with van der Waals surface area (Å²) in [5, 5.41) is 13.4. The summed E-state index contributed by atoms with van der Waals surface area (Å²) in [6.07, 6.45) is 7.86. The average Bonchev–Trinajstić information content (AvgIpc) is 2.57. The average molecular weight is 299 g/mol. The van der Waals surface area contributed by atoms with E-state index in [0.29, 0.717) is 12.0 Å². The summed E-state index contributed by atoms with van der Waals surface area (Å²) in [5.74, 6) is 1.42. The van der Waals surface area contributed by atoms with Crippen molar-refractivity contribution in [3.63, 3.8) is 0 Å². The predicted molar refractivity (Wildman–Crippen MR) is 85.6 cm³/mol. The number of ether oxygens (including phenoxy) is 1. The molecule has 0 radical (unpaired) electrons. The molecule has 22 heavy (non-hydrogen) atoms. The van der Waals surface area contributed by atoms with E-state index in [9.17, 15) is 5.21 Å². The van der Waals surface area contributed by atoms with E-state index >= 15 is 0 Å². The van der Waals surface area contributed by atoms with E-state index in [-0.39, 0.29) is 5.41 Å². The van der Waals surface area contributed by atoms with Gasteiger partial charge in [-0.25, -0.2) is 4.58 Å². The van der Waals surface area contributed by atoms with Crippen molar-refractivity contribution >= 4 is 11.9 Å². The van der Waals surface area contributed by atoms with Crippen LogP contribution in [0.2, 0.25) is 0 Å². The number of benzene rings is 1. The first kappa shape index (κ1) is 13.8. The smallest absolute Gasteiger partial charge is 0.189 e. The minimum Gasteiger partial charge on any atom is -0.497 e. The molecular formula is C18H23N2O2+. The lowest BCUT2D eigenvalue weighted by Gasteiger charge is -2.51. The second-order valence-electron chi connectivity index (χ2n) is 6.90. The largest absolute Gasteiger partial charge is 0.497 e. The van der Waals surface area contributed by atoms with Gasteiger partial charge in [-0.15, -0.1) is 0 Å². The molecule has 0 amide bonds. The maximum absolute atomic E-state index is 9.71. The van der Waals surface area contributed by atoms with Crippen LogP contribution in [-0.2, 0) is 11.8 Å². The molecule has 4 rings (SSSR count). The molecule has 1 fully saturated rings. The minimum atomic E-state index is -0.133. The monoisotopic (exact) mass is 299 g/mol. The van der Waals surface area contributed by atoms with Crippen molar-refractivity contribution < 1.29 is 14.5 Å². The first-order valence-corrected chi connectivity index (χ1v) is 8.17. The fraction of sp³-hybridized carbons (Fsp3) is 0.556. The number of fused-ring (bicyclic) bond motifs is 1. The van der Waals surface area contributed by atoms with Crippen LogP contribution in [0, 0.1) is 5.92 Å². The molecule has 0 saturated heterocycles. The Hall–Kier alpha value is -1.84. The lowest BCUT2D eigenvalue weighted by Crippen LogP contribution is -2.61. The van der Waals surface area contributed by atoms with Crippen LogP contribution >= 0.6 is 0 Å². The van der Waals surface area contributed by atoms with Gasteiger partial charge in [0.05, 0.1) is 12.5 Å². The van der Waals surface area contributed by atoms with Crippen LogP contribution in [0.1, 0.15) is 36.8 Å². The predicted octanol–water partition coefficient (Wildman–Crippen LogP) is 2.60. The Morgan fingerprint density at radius 2 is 2.23 bits per heavy atom.